The zero-order valence-corrected chi connectivity index (χ0v) is 13.6. The maximum Gasteiger partial charge on any atom is 0.262 e. The van der Waals surface area contributed by atoms with Crippen molar-refractivity contribution >= 4 is 17.8 Å². The smallest absolute Gasteiger partial charge is 0.262 e. The average Bonchev–Trinajstić information content (AvgIpc) is 2.58. The van der Waals surface area contributed by atoms with Crippen molar-refractivity contribution in [2.75, 3.05) is 11.9 Å². The highest BCUT2D eigenvalue weighted by Crippen LogP contribution is 2.16. The van der Waals surface area contributed by atoms with Gasteiger partial charge in [0.15, 0.2) is 0 Å². The summed E-state index contributed by atoms with van der Waals surface area (Å²) in [4.78, 5) is 12.0. The van der Waals surface area contributed by atoms with Gasteiger partial charge in [0, 0.05) is 11.3 Å². The minimum atomic E-state index is -0.499. The summed E-state index contributed by atoms with van der Waals surface area (Å²) in [5.74, 6) is 0.0576. The molecule has 1 amide bonds. The molecule has 0 aliphatic carbocycles. The molecule has 0 bridgehead atoms. The maximum absolute atomic E-state index is 13.4. The first-order valence-corrected chi connectivity index (χ1v) is 7.67. The Morgan fingerprint density at radius 1 is 1.25 bits per heavy atom. The number of carbonyl (C=O) groups excluding carboxylic acids is 1. The first-order valence-electron chi connectivity index (χ1n) is 7.67. The Hall–Kier alpha value is -2.89. The Kier molecular flexibility index (Phi) is 6.31. The number of nitrogens with one attached hydrogen (secondary N) is 2. The molecule has 0 fully saturated rings. The van der Waals surface area contributed by atoms with Crippen LogP contribution in [0.3, 0.4) is 0 Å². The second-order valence-electron chi connectivity index (χ2n) is 5.08. The van der Waals surface area contributed by atoms with Crippen LogP contribution in [-0.2, 0) is 4.79 Å². The molecule has 2 aromatic carbocycles. The van der Waals surface area contributed by atoms with E-state index in [-0.39, 0.29) is 5.91 Å². The highest BCUT2D eigenvalue weighted by atomic mass is 19.1. The van der Waals surface area contributed by atoms with Crippen LogP contribution in [0.5, 0.6) is 5.75 Å². The molecule has 0 aliphatic rings. The number of rotatable bonds is 7. The number of carbonyl (C=O) groups is 1. The quantitative estimate of drug-likeness (QED) is 0.606. The van der Waals surface area contributed by atoms with Crippen LogP contribution in [0.4, 0.5) is 10.1 Å². The summed E-state index contributed by atoms with van der Waals surface area (Å²) in [6, 6.07) is 13.0. The van der Waals surface area contributed by atoms with Crippen molar-refractivity contribution in [1.82, 2.24) is 5.43 Å². The van der Waals surface area contributed by atoms with E-state index < -0.39 is 11.9 Å². The Balaban J connectivity index is 1.86. The van der Waals surface area contributed by atoms with E-state index >= 15 is 0 Å². The second kappa shape index (κ2) is 8.67. The second-order valence-corrected chi connectivity index (χ2v) is 5.08. The molecule has 2 aromatic rings. The molecular formula is C18H20FN3O2. The summed E-state index contributed by atoms with van der Waals surface area (Å²) >= 11 is 0. The van der Waals surface area contributed by atoms with Gasteiger partial charge in [-0.3, -0.25) is 4.79 Å². The minimum absolute atomic E-state index is 0.310. The predicted octanol–water partition coefficient (Wildman–Crippen LogP) is 3.18. The molecule has 24 heavy (non-hydrogen) atoms. The molecule has 0 aliphatic heterocycles. The number of hydrogen-bond acceptors (Lipinski definition) is 4. The third-order valence-corrected chi connectivity index (χ3v) is 3.23. The summed E-state index contributed by atoms with van der Waals surface area (Å²) < 4.78 is 18.8. The van der Waals surface area contributed by atoms with E-state index in [4.69, 9.17) is 4.74 Å². The van der Waals surface area contributed by atoms with Gasteiger partial charge in [-0.25, -0.2) is 9.82 Å². The number of hydrazone groups is 1. The summed E-state index contributed by atoms with van der Waals surface area (Å²) in [5.41, 5.74) is 3.49. The molecule has 0 heterocycles. The lowest BCUT2D eigenvalue weighted by Crippen LogP contribution is -2.34. The van der Waals surface area contributed by atoms with E-state index in [9.17, 15) is 9.18 Å². The van der Waals surface area contributed by atoms with Crippen molar-refractivity contribution in [1.29, 1.82) is 0 Å². The topological polar surface area (TPSA) is 62.7 Å². The normalized spacial score (nSPS) is 12.0. The van der Waals surface area contributed by atoms with E-state index in [1.807, 2.05) is 31.2 Å². The Bertz CT molecular complexity index is 702. The van der Waals surface area contributed by atoms with Crippen molar-refractivity contribution in [3.8, 4) is 5.75 Å². The number of hydrogen-bond donors (Lipinski definition) is 2. The number of anilines is 1. The third kappa shape index (κ3) is 5.08. The van der Waals surface area contributed by atoms with E-state index in [0.717, 1.165) is 11.4 Å². The van der Waals surface area contributed by atoms with Gasteiger partial charge in [-0.1, -0.05) is 18.2 Å². The summed E-state index contributed by atoms with van der Waals surface area (Å²) in [7, 11) is 0. The highest BCUT2D eigenvalue weighted by Gasteiger charge is 2.11. The SMILES string of the molecule is CCOc1ccc(NC(C)C(=O)NN=Cc2ccccc2F)cc1. The summed E-state index contributed by atoms with van der Waals surface area (Å²) in [6.07, 6.45) is 1.27. The molecule has 0 aromatic heterocycles. The monoisotopic (exact) mass is 329 g/mol. The summed E-state index contributed by atoms with van der Waals surface area (Å²) in [6.45, 7) is 4.23. The highest BCUT2D eigenvalue weighted by molar-refractivity contribution is 5.86. The summed E-state index contributed by atoms with van der Waals surface area (Å²) in [5, 5.41) is 6.83. The molecule has 126 valence electrons. The van der Waals surface area contributed by atoms with Gasteiger partial charge in [-0.15, -0.1) is 0 Å². The van der Waals surface area contributed by atoms with Crippen LogP contribution in [0.25, 0.3) is 0 Å². The largest absolute Gasteiger partial charge is 0.494 e. The van der Waals surface area contributed by atoms with Gasteiger partial charge in [0.2, 0.25) is 0 Å². The van der Waals surface area contributed by atoms with Crippen molar-refractivity contribution < 1.29 is 13.9 Å². The van der Waals surface area contributed by atoms with Gasteiger partial charge >= 0.3 is 0 Å². The Morgan fingerprint density at radius 3 is 2.62 bits per heavy atom. The van der Waals surface area contributed by atoms with Gasteiger partial charge in [0.05, 0.1) is 12.8 Å². The van der Waals surface area contributed by atoms with Gasteiger partial charge < -0.3 is 10.1 Å². The average molecular weight is 329 g/mol. The zero-order chi connectivity index (χ0) is 17.4. The molecule has 5 nitrogen and oxygen atoms in total. The van der Waals surface area contributed by atoms with Gasteiger partial charge in [-0.2, -0.15) is 5.10 Å². The van der Waals surface area contributed by atoms with Crippen LogP contribution in [0.15, 0.2) is 53.6 Å². The Labute approximate surface area is 140 Å². The van der Waals surface area contributed by atoms with E-state index in [0.29, 0.717) is 12.2 Å². The molecule has 1 atom stereocenters. The standard InChI is InChI=1S/C18H20FN3O2/c1-3-24-16-10-8-15(9-11-16)21-13(2)18(23)22-20-12-14-6-4-5-7-17(14)19/h4-13,21H,3H2,1-2H3,(H,22,23). The molecular weight excluding hydrogens is 309 g/mol. The van der Waals surface area contributed by atoms with Crippen molar-refractivity contribution in [2.24, 2.45) is 5.10 Å². The van der Waals surface area contributed by atoms with E-state index in [2.05, 4.69) is 15.8 Å². The van der Waals surface area contributed by atoms with Gasteiger partial charge in [0.25, 0.3) is 5.91 Å². The molecule has 0 radical (unpaired) electrons. The molecule has 0 spiro atoms. The molecule has 6 heteroatoms. The van der Waals surface area contributed by atoms with Crippen LogP contribution in [0.1, 0.15) is 19.4 Å². The number of nitrogens with zero attached hydrogens (tertiary/aromatic N) is 1. The van der Waals surface area contributed by atoms with Gasteiger partial charge in [0.1, 0.15) is 17.6 Å². The number of ether oxygens (including phenoxy) is 1. The molecule has 2 N–H and O–H groups in total. The van der Waals surface area contributed by atoms with E-state index in [1.54, 1.807) is 25.1 Å². The van der Waals surface area contributed by atoms with Crippen molar-refractivity contribution in [3.63, 3.8) is 0 Å². The minimum Gasteiger partial charge on any atom is -0.494 e. The number of halogens is 1. The molecule has 1 unspecified atom stereocenters. The fourth-order valence-corrected chi connectivity index (χ4v) is 1.97. The fourth-order valence-electron chi connectivity index (χ4n) is 1.97. The third-order valence-electron chi connectivity index (χ3n) is 3.23. The van der Waals surface area contributed by atoms with Crippen LogP contribution < -0.4 is 15.5 Å². The van der Waals surface area contributed by atoms with Crippen LogP contribution in [-0.4, -0.2) is 24.8 Å². The lowest BCUT2D eigenvalue weighted by Gasteiger charge is -2.14. The van der Waals surface area contributed by atoms with Gasteiger partial charge in [-0.05, 0) is 44.2 Å². The van der Waals surface area contributed by atoms with Crippen molar-refractivity contribution in [3.05, 3.63) is 59.9 Å². The van der Waals surface area contributed by atoms with Crippen LogP contribution >= 0.6 is 0 Å². The van der Waals surface area contributed by atoms with Crippen LogP contribution in [0, 0.1) is 5.82 Å². The first kappa shape index (κ1) is 17.5. The van der Waals surface area contributed by atoms with Crippen molar-refractivity contribution in [2.45, 2.75) is 19.9 Å². The lowest BCUT2D eigenvalue weighted by molar-refractivity contribution is -0.121. The van der Waals surface area contributed by atoms with E-state index in [1.165, 1.54) is 12.3 Å². The number of amides is 1. The number of benzene rings is 2. The zero-order valence-electron chi connectivity index (χ0n) is 13.6. The maximum atomic E-state index is 13.4. The predicted molar refractivity (Wildman–Crippen MR) is 92.8 cm³/mol. The lowest BCUT2D eigenvalue weighted by atomic mass is 10.2. The molecule has 0 saturated carbocycles. The first-order chi connectivity index (χ1) is 11.6. The molecule has 0 saturated heterocycles. The fraction of sp³-hybridized carbons (Fsp3) is 0.222. The van der Waals surface area contributed by atoms with Crippen LogP contribution in [0.2, 0.25) is 0 Å². The molecule has 2 rings (SSSR count). The Morgan fingerprint density at radius 2 is 1.96 bits per heavy atom.